The molecule has 7 nitrogen and oxygen atoms in total. The Bertz CT molecular complexity index is 1450. The zero-order chi connectivity index (χ0) is 24.1. The lowest BCUT2D eigenvalue weighted by Crippen LogP contribution is -2.24. The van der Waals surface area contributed by atoms with E-state index in [0.29, 0.717) is 35.7 Å². The van der Waals surface area contributed by atoms with E-state index in [2.05, 4.69) is 27.0 Å². The number of aliphatic imine (C=N–C) groups is 1. The van der Waals surface area contributed by atoms with E-state index in [4.69, 9.17) is 11.5 Å². The summed E-state index contributed by atoms with van der Waals surface area (Å²) in [6, 6.07) is 15.6. The first-order valence-electron chi connectivity index (χ1n) is 10.9. The molecule has 0 saturated carbocycles. The van der Waals surface area contributed by atoms with Crippen molar-refractivity contribution in [1.82, 2.24) is 15.3 Å². The largest absolute Gasteiger partial charge is 0.397 e. The van der Waals surface area contributed by atoms with Crippen LogP contribution in [-0.4, -0.2) is 22.6 Å². The first-order valence-corrected chi connectivity index (χ1v) is 10.9. The Morgan fingerprint density at radius 1 is 1.06 bits per heavy atom. The van der Waals surface area contributed by atoms with Crippen LogP contribution >= 0.6 is 0 Å². The highest BCUT2D eigenvalue weighted by Crippen LogP contribution is 2.21. The van der Waals surface area contributed by atoms with Gasteiger partial charge in [0, 0.05) is 41.2 Å². The van der Waals surface area contributed by atoms with Crippen LogP contribution < -0.4 is 16.8 Å². The molecule has 0 aliphatic rings. The van der Waals surface area contributed by atoms with Gasteiger partial charge in [-0.25, -0.2) is 4.98 Å². The molecule has 1 amide bonds. The Kier molecular flexibility index (Phi) is 6.64. The number of carbonyl (C=O) groups is 1. The van der Waals surface area contributed by atoms with E-state index >= 15 is 0 Å². The molecular weight excluding hydrogens is 424 g/mol. The molecule has 4 rings (SSSR count). The quantitative estimate of drug-likeness (QED) is 0.220. The fourth-order valence-electron chi connectivity index (χ4n) is 3.77. The van der Waals surface area contributed by atoms with Crippen LogP contribution in [0, 0.1) is 0 Å². The number of anilines is 2. The van der Waals surface area contributed by atoms with Gasteiger partial charge in [0.25, 0.3) is 5.91 Å². The van der Waals surface area contributed by atoms with Crippen molar-refractivity contribution >= 4 is 45.8 Å². The molecule has 2 aromatic heterocycles. The lowest BCUT2D eigenvalue weighted by Gasteiger charge is -2.09. The average Bonchev–Trinajstić information content (AvgIpc) is 2.84. The third-order valence-corrected chi connectivity index (χ3v) is 5.56. The summed E-state index contributed by atoms with van der Waals surface area (Å²) in [5.41, 5.74) is 16.5. The number of allylic oxidation sites excluding steroid dienone is 2. The number of hydrogen-bond acceptors (Lipinski definition) is 6. The van der Waals surface area contributed by atoms with Crippen molar-refractivity contribution in [2.45, 2.75) is 19.9 Å². The maximum Gasteiger partial charge on any atom is 0.251 e. The second kappa shape index (κ2) is 9.95. The van der Waals surface area contributed by atoms with Crippen LogP contribution in [0.5, 0.6) is 0 Å². The first kappa shape index (κ1) is 22.7. The third-order valence-electron chi connectivity index (χ3n) is 5.56. The highest BCUT2D eigenvalue weighted by Gasteiger charge is 2.09. The Labute approximate surface area is 197 Å². The van der Waals surface area contributed by atoms with Crippen molar-refractivity contribution in [3.8, 4) is 0 Å². The number of amides is 1. The molecule has 0 unspecified atom stereocenters. The zero-order valence-corrected chi connectivity index (χ0v) is 19.0. The standard InChI is InChI=1S/C27H26N6O/c1-3-19(27(34)33-15-18-4-6-24-20(11-18)8-9-31-26(24)29)14-23(30-2)12-17-5-7-25-21(10-17)13-22(28)16-32-25/h3-11,13-14,16H,2,12,15,28H2,1H3,(H2,29,31)(H,33,34)/b19-3+,23-14-. The van der Waals surface area contributed by atoms with E-state index in [-0.39, 0.29) is 5.91 Å². The van der Waals surface area contributed by atoms with Gasteiger partial charge < -0.3 is 16.8 Å². The maximum absolute atomic E-state index is 12.8. The normalized spacial score (nSPS) is 12.1. The number of benzene rings is 2. The summed E-state index contributed by atoms with van der Waals surface area (Å²) in [6.07, 6.45) is 7.36. The Hall–Kier alpha value is -4.52. The molecule has 0 aliphatic carbocycles. The number of hydrogen-bond donors (Lipinski definition) is 3. The van der Waals surface area contributed by atoms with Gasteiger partial charge in [-0.05, 0) is 66.6 Å². The summed E-state index contributed by atoms with van der Waals surface area (Å²) in [6.45, 7) is 5.89. The molecule has 170 valence electrons. The van der Waals surface area contributed by atoms with Gasteiger partial charge in [0.1, 0.15) is 5.82 Å². The number of rotatable bonds is 7. The van der Waals surface area contributed by atoms with Gasteiger partial charge in [-0.1, -0.05) is 24.3 Å². The Morgan fingerprint density at radius 3 is 2.65 bits per heavy atom. The van der Waals surface area contributed by atoms with Gasteiger partial charge in [-0.3, -0.25) is 14.8 Å². The van der Waals surface area contributed by atoms with E-state index in [1.807, 2.05) is 55.5 Å². The van der Waals surface area contributed by atoms with E-state index in [1.165, 1.54) is 0 Å². The predicted octanol–water partition coefficient (Wildman–Crippen LogP) is 4.34. The first-order chi connectivity index (χ1) is 16.5. The monoisotopic (exact) mass is 450 g/mol. The van der Waals surface area contributed by atoms with Crippen molar-refractivity contribution in [3.05, 3.63) is 95.5 Å². The molecule has 2 heterocycles. The van der Waals surface area contributed by atoms with E-state index < -0.39 is 0 Å². The molecule has 0 spiro atoms. The number of nitrogens with two attached hydrogens (primary N) is 2. The molecule has 0 bridgehead atoms. The molecule has 2 aromatic carbocycles. The molecule has 34 heavy (non-hydrogen) atoms. The highest BCUT2D eigenvalue weighted by atomic mass is 16.1. The Morgan fingerprint density at radius 2 is 1.85 bits per heavy atom. The van der Waals surface area contributed by atoms with Crippen molar-refractivity contribution in [2.24, 2.45) is 4.99 Å². The number of nitrogens with one attached hydrogen (secondary N) is 1. The maximum atomic E-state index is 12.8. The van der Waals surface area contributed by atoms with Crippen molar-refractivity contribution in [3.63, 3.8) is 0 Å². The van der Waals surface area contributed by atoms with Crippen LogP contribution in [0.2, 0.25) is 0 Å². The van der Waals surface area contributed by atoms with Crippen molar-refractivity contribution in [1.29, 1.82) is 0 Å². The smallest absolute Gasteiger partial charge is 0.251 e. The lowest BCUT2D eigenvalue weighted by atomic mass is 10.0. The number of fused-ring (bicyclic) bond motifs is 2. The van der Waals surface area contributed by atoms with Crippen molar-refractivity contribution < 1.29 is 4.79 Å². The SMILES string of the molecule is C=N/C(=C\C(=C/C)C(=O)NCc1ccc2c(N)nccc2c1)Cc1ccc2ncc(N)cc2c1. The second-order valence-electron chi connectivity index (χ2n) is 7.94. The summed E-state index contributed by atoms with van der Waals surface area (Å²) in [4.78, 5) is 25.4. The summed E-state index contributed by atoms with van der Waals surface area (Å²) >= 11 is 0. The minimum absolute atomic E-state index is 0.187. The van der Waals surface area contributed by atoms with Crippen LogP contribution in [0.25, 0.3) is 21.7 Å². The molecule has 4 aromatic rings. The summed E-state index contributed by atoms with van der Waals surface area (Å²) in [5.74, 6) is 0.304. The minimum atomic E-state index is -0.187. The van der Waals surface area contributed by atoms with Crippen LogP contribution in [0.3, 0.4) is 0 Å². The summed E-state index contributed by atoms with van der Waals surface area (Å²) < 4.78 is 0. The minimum Gasteiger partial charge on any atom is -0.397 e. The molecule has 0 fully saturated rings. The third kappa shape index (κ3) is 5.10. The fraction of sp³-hybridized carbons (Fsp3) is 0.111. The predicted molar refractivity (Wildman–Crippen MR) is 139 cm³/mol. The molecular formula is C27H26N6O. The van der Waals surface area contributed by atoms with Gasteiger partial charge in [0.2, 0.25) is 0 Å². The van der Waals surface area contributed by atoms with Gasteiger partial charge >= 0.3 is 0 Å². The molecule has 0 saturated heterocycles. The molecule has 0 atom stereocenters. The zero-order valence-electron chi connectivity index (χ0n) is 19.0. The van der Waals surface area contributed by atoms with Gasteiger partial charge in [-0.2, -0.15) is 0 Å². The van der Waals surface area contributed by atoms with E-state index in [1.54, 1.807) is 24.5 Å². The lowest BCUT2D eigenvalue weighted by molar-refractivity contribution is -0.117. The number of carbonyl (C=O) groups excluding carboxylic acids is 1. The topological polar surface area (TPSA) is 119 Å². The van der Waals surface area contributed by atoms with Gasteiger partial charge in [0.15, 0.2) is 0 Å². The summed E-state index contributed by atoms with van der Waals surface area (Å²) in [5, 5.41) is 5.80. The van der Waals surface area contributed by atoms with Crippen LogP contribution in [0.1, 0.15) is 18.1 Å². The number of nitrogens with zero attached hydrogens (tertiary/aromatic N) is 3. The highest BCUT2D eigenvalue weighted by molar-refractivity contribution is 5.96. The van der Waals surface area contributed by atoms with E-state index in [9.17, 15) is 4.79 Å². The summed E-state index contributed by atoms with van der Waals surface area (Å²) in [7, 11) is 0. The molecule has 7 heteroatoms. The van der Waals surface area contributed by atoms with Gasteiger partial charge in [-0.15, -0.1) is 0 Å². The van der Waals surface area contributed by atoms with Crippen LogP contribution in [-0.2, 0) is 17.8 Å². The van der Waals surface area contributed by atoms with Crippen LogP contribution in [0.15, 0.2) is 89.3 Å². The molecule has 0 radical (unpaired) electrons. The number of nitrogen functional groups attached to an aromatic ring is 2. The van der Waals surface area contributed by atoms with Crippen LogP contribution in [0.4, 0.5) is 11.5 Å². The average molecular weight is 451 g/mol. The number of pyridine rings is 2. The van der Waals surface area contributed by atoms with Crippen molar-refractivity contribution in [2.75, 3.05) is 11.5 Å². The fourth-order valence-corrected chi connectivity index (χ4v) is 3.77. The Balaban J connectivity index is 1.46. The molecule has 5 N–H and O–H groups in total. The number of aromatic nitrogens is 2. The van der Waals surface area contributed by atoms with E-state index in [0.717, 1.165) is 32.8 Å². The van der Waals surface area contributed by atoms with Gasteiger partial charge in [0.05, 0.1) is 17.4 Å². The second-order valence-corrected chi connectivity index (χ2v) is 7.94. The molecule has 0 aliphatic heterocycles.